The van der Waals surface area contributed by atoms with Gasteiger partial charge in [-0.15, -0.1) is 0 Å². The number of ether oxygens (including phenoxy) is 1. The van der Waals surface area contributed by atoms with Crippen molar-refractivity contribution in [2.45, 2.75) is 13.0 Å². The van der Waals surface area contributed by atoms with E-state index in [4.69, 9.17) is 4.74 Å². The lowest BCUT2D eigenvalue weighted by Crippen LogP contribution is -2.17. The molecule has 1 aromatic carbocycles. The number of aryl methyl sites for hydroxylation is 1. The predicted molar refractivity (Wildman–Crippen MR) is 76.7 cm³/mol. The van der Waals surface area contributed by atoms with E-state index in [9.17, 15) is 9.18 Å². The fourth-order valence-electron chi connectivity index (χ4n) is 2.12. The van der Waals surface area contributed by atoms with Gasteiger partial charge in [-0.05, 0) is 25.1 Å². The highest BCUT2D eigenvalue weighted by atomic mass is 19.1. The maximum Gasteiger partial charge on any atom is 0.250 e. The molecule has 0 fully saturated rings. The summed E-state index contributed by atoms with van der Waals surface area (Å²) >= 11 is 0. The number of aromatic nitrogens is 1. The monoisotopic (exact) mass is 276 g/mol. The normalized spacial score (nSPS) is 12.0. The van der Waals surface area contributed by atoms with Gasteiger partial charge in [-0.1, -0.05) is 6.07 Å². The van der Waals surface area contributed by atoms with Crippen molar-refractivity contribution in [2.24, 2.45) is 7.05 Å². The zero-order valence-corrected chi connectivity index (χ0v) is 11.7. The van der Waals surface area contributed by atoms with Gasteiger partial charge in [0, 0.05) is 19.3 Å². The van der Waals surface area contributed by atoms with Gasteiger partial charge in [0.05, 0.1) is 24.4 Å². The van der Waals surface area contributed by atoms with Crippen LogP contribution in [0.1, 0.15) is 18.5 Å². The van der Waals surface area contributed by atoms with Crippen molar-refractivity contribution in [3.63, 3.8) is 0 Å². The molecule has 20 heavy (non-hydrogen) atoms. The molecule has 0 radical (unpaired) electrons. The number of rotatable bonds is 4. The van der Waals surface area contributed by atoms with E-state index in [0.717, 1.165) is 5.69 Å². The second-order valence-corrected chi connectivity index (χ2v) is 4.59. The van der Waals surface area contributed by atoms with Crippen molar-refractivity contribution in [3.8, 4) is 5.75 Å². The molecule has 0 amide bonds. The van der Waals surface area contributed by atoms with Gasteiger partial charge in [-0.3, -0.25) is 4.79 Å². The standard InChI is InChI=1S/C15H17FN2O2/c1-10(15-12(16)5-4-6-13(15)20-3)17-11-7-8-14(19)18(2)9-11/h4-10,17H,1-3H3. The highest BCUT2D eigenvalue weighted by Crippen LogP contribution is 2.29. The predicted octanol–water partition coefficient (Wildman–Crippen LogP) is 2.71. The first kappa shape index (κ1) is 14.1. The Labute approximate surface area is 116 Å². The molecule has 106 valence electrons. The van der Waals surface area contributed by atoms with Gasteiger partial charge >= 0.3 is 0 Å². The zero-order valence-electron chi connectivity index (χ0n) is 11.7. The van der Waals surface area contributed by atoms with E-state index in [1.54, 1.807) is 31.4 Å². The van der Waals surface area contributed by atoms with E-state index in [2.05, 4.69) is 5.32 Å². The molecule has 5 heteroatoms. The molecule has 2 rings (SSSR count). The maximum atomic E-state index is 14.0. The molecule has 1 atom stereocenters. The number of benzene rings is 1. The van der Waals surface area contributed by atoms with Crippen molar-refractivity contribution in [2.75, 3.05) is 12.4 Å². The average molecular weight is 276 g/mol. The Morgan fingerprint density at radius 1 is 1.30 bits per heavy atom. The van der Waals surface area contributed by atoms with Gasteiger partial charge in [0.25, 0.3) is 0 Å². The van der Waals surface area contributed by atoms with E-state index in [0.29, 0.717) is 11.3 Å². The van der Waals surface area contributed by atoms with Gasteiger partial charge in [0.2, 0.25) is 5.56 Å². The summed E-state index contributed by atoms with van der Waals surface area (Å²) in [4.78, 5) is 11.3. The van der Waals surface area contributed by atoms with Crippen LogP contribution in [0.4, 0.5) is 10.1 Å². The van der Waals surface area contributed by atoms with Crippen LogP contribution in [0.2, 0.25) is 0 Å². The number of hydrogen-bond acceptors (Lipinski definition) is 3. The lowest BCUT2D eigenvalue weighted by Gasteiger charge is -2.19. The van der Waals surface area contributed by atoms with Crippen LogP contribution in [0.5, 0.6) is 5.75 Å². The Kier molecular flexibility index (Phi) is 4.08. The molecule has 4 nitrogen and oxygen atoms in total. The minimum absolute atomic E-state index is 0.0910. The third kappa shape index (κ3) is 2.82. The number of hydrogen-bond donors (Lipinski definition) is 1. The summed E-state index contributed by atoms with van der Waals surface area (Å²) in [5, 5.41) is 3.16. The Morgan fingerprint density at radius 3 is 2.70 bits per heavy atom. The van der Waals surface area contributed by atoms with Gasteiger partial charge < -0.3 is 14.6 Å². The molecule has 0 spiro atoms. The number of nitrogens with zero attached hydrogens (tertiary/aromatic N) is 1. The smallest absolute Gasteiger partial charge is 0.250 e. The molecule has 0 saturated carbocycles. The summed E-state index contributed by atoms with van der Waals surface area (Å²) in [5.74, 6) is 0.170. The molecule has 1 unspecified atom stereocenters. The minimum atomic E-state index is -0.325. The van der Waals surface area contributed by atoms with E-state index >= 15 is 0 Å². The number of methoxy groups -OCH3 is 1. The number of pyridine rings is 1. The minimum Gasteiger partial charge on any atom is -0.496 e. The van der Waals surface area contributed by atoms with E-state index in [1.807, 2.05) is 6.92 Å². The van der Waals surface area contributed by atoms with Gasteiger partial charge in [0.15, 0.2) is 0 Å². The first-order valence-electron chi connectivity index (χ1n) is 6.28. The molecule has 2 aromatic rings. The van der Waals surface area contributed by atoms with Crippen molar-refractivity contribution in [1.82, 2.24) is 4.57 Å². The fourth-order valence-corrected chi connectivity index (χ4v) is 2.12. The molecule has 0 saturated heterocycles. The lowest BCUT2D eigenvalue weighted by molar-refractivity contribution is 0.402. The maximum absolute atomic E-state index is 14.0. The van der Waals surface area contributed by atoms with Crippen molar-refractivity contribution in [1.29, 1.82) is 0 Å². The first-order chi connectivity index (χ1) is 9.52. The molecule has 0 aliphatic rings. The lowest BCUT2D eigenvalue weighted by atomic mass is 10.1. The van der Waals surface area contributed by atoms with Gasteiger partial charge in [0.1, 0.15) is 11.6 Å². The Morgan fingerprint density at radius 2 is 2.05 bits per heavy atom. The summed E-state index contributed by atoms with van der Waals surface area (Å²) < 4.78 is 20.6. The summed E-state index contributed by atoms with van der Waals surface area (Å²) in [6.45, 7) is 1.84. The molecule has 0 aliphatic carbocycles. The molecular formula is C15H17FN2O2. The summed E-state index contributed by atoms with van der Waals surface area (Å²) in [5.41, 5.74) is 1.11. The van der Waals surface area contributed by atoms with Crippen LogP contribution in [0.25, 0.3) is 0 Å². The van der Waals surface area contributed by atoms with Crippen LogP contribution in [-0.4, -0.2) is 11.7 Å². The quantitative estimate of drug-likeness (QED) is 0.933. The second kappa shape index (κ2) is 5.77. The Balaban J connectivity index is 2.30. The summed E-state index contributed by atoms with van der Waals surface area (Å²) in [7, 11) is 3.18. The van der Waals surface area contributed by atoms with E-state index in [-0.39, 0.29) is 17.4 Å². The highest BCUT2D eigenvalue weighted by molar-refractivity contribution is 5.46. The molecule has 0 aliphatic heterocycles. The summed E-state index contributed by atoms with van der Waals surface area (Å²) in [6.07, 6.45) is 1.67. The SMILES string of the molecule is COc1cccc(F)c1C(C)Nc1ccc(=O)n(C)c1. The fraction of sp³-hybridized carbons (Fsp3) is 0.267. The number of halogens is 1. The molecular weight excluding hydrogens is 259 g/mol. The topological polar surface area (TPSA) is 43.3 Å². The third-order valence-electron chi connectivity index (χ3n) is 3.13. The van der Waals surface area contributed by atoms with Gasteiger partial charge in [-0.2, -0.15) is 0 Å². The van der Waals surface area contributed by atoms with Crippen LogP contribution in [-0.2, 0) is 7.05 Å². The van der Waals surface area contributed by atoms with Crippen molar-refractivity contribution >= 4 is 5.69 Å². The van der Waals surface area contributed by atoms with Crippen LogP contribution in [0.3, 0.4) is 0 Å². The second-order valence-electron chi connectivity index (χ2n) is 4.59. The average Bonchev–Trinajstić information content (AvgIpc) is 2.42. The highest BCUT2D eigenvalue weighted by Gasteiger charge is 2.16. The molecule has 1 aromatic heterocycles. The molecule has 1 N–H and O–H groups in total. The largest absolute Gasteiger partial charge is 0.496 e. The summed E-state index contributed by atoms with van der Waals surface area (Å²) in [6, 6.07) is 7.58. The zero-order chi connectivity index (χ0) is 14.7. The van der Waals surface area contributed by atoms with Crippen molar-refractivity contribution < 1.29 is 9.13 Å². The molecule has 1 heterocycles. The Hall–Kier alpha value is -2.30. The van der Waals surface area contributed by atoms with Crippen LogP contribution in [0, 0.1) is 5.82 Å². The molecule has 0 bridgehead atoms. The third-order valence-corrected chi connectivity index (χ3v) is 3.13. The van der Waals surface area contributed by atoms with Crippen LogP contribution >= 0.6 is 0 Å². The van der Waals surface area contributed by atoms with Crippen LogP contribution in [0.15, 0.2) is 41.3 Å². The van der Waals surface area contributed by atoms with E-state index in [1.165, 1.54) is 23.8 Å². The van der Waals surface area contributed by atoms with Crippen LogP contribution < -0.4 is 15.6 Å². The van der Waals surface area contributed by atoms with Gasteiger partial charge in [-0.25, -0.2) is 4.39 Å². The number of anilines is 1. The first-order valence-corrected chi connectivity index (χ1v) is 6.28. The van der Waals surface area contributed by atoms with Crippen molar-refractivity contribution in [3.05, 3.63) is 58.3 Å². The Bertz CT molecular complexity index is 667. The van der Waals surface area contributed by atoms with E-state index < -0.39 is 0 Å². The number of nitrogens with one attached hydrogen (secondary N) is 1.